The molecule has 0 aliphatic heterocycles. The Morgan fingerprint density at radius 3 is 1.80 bits per heavy atom. The Kier molecular flexibility index (Phi) is 12.7. The summed E-state index contributed by atoms with van der Waals surface area (Å²) in [5, 5.41) is 8.66. The van der Waals surface area contributed by atoms with E-state index in [1.165, 1.54) is 44.9 Å². The highest BCUT2D eigenvalue weighted by atomic mass is 16.4. The average molecular weight is 284 g/mol. The number of unbranched alkanes of at least 4 members (excludes halogenated alkanes) is 10. The van der Waals surface area contributed by atoms with E-state index in [4.69, 9.17) is 7.85 Å². The van der Waals surface area contributed by atoms with Crippen molar-refractivity contribution in [3.05, 3.63) is 12.2 Å². The Morgan fingerprint density at radius 1 is 0.850 bits per heavy atom. The van der Waals surface area contributed by atoms with Crippen LogP contribution in [0.2, 0.25) is 0 Å². The van der Waals surface area contributed by atoms with Crippen LogP contribution >= 0.6 is 0 Å². The summed E-state index contributed by atoms with van der Waals surface area (Å²) >= 11 is 0. The van der Waals surface area contributed by atoms with Gasteiger partial charge in [0, 0.05) is 9.11 Å². The minimum atomic E-state index is -2.06. The van der Waals surface area contributed by atoms with E-state index in [-0.39, 0.29) is 6.42 Å². The van der Waals surface area contributed by atoms with E-state index in [1.807, 2.05) is 0 Å². The Hall–Kier alpha value is -0.790. The van der Waals surface area contributed by atoms with Crippen LogP contribution in [0.1, 0.15) is 99.5 Å². The fourth-order valence-corrected chi connectivity index (χ4v) is 2.21. The lowest BCUT2D eigenvalue weighted by Gasteiger charge is -1.99. The van der Waals surface area contributed by atoms with E-state index in [0.29, 0.717) is 6.42 Å². The molecule has 0 saturated heterocycles. The maximum absolute atomic E-state index is 10.6. The standard InChI is InChI=1S/C18H34O2/c1-2-3-4-5-6-7-8-9-10-11-12-13-14-15-16-17-18(19)20/h9-10H,2-8,11-17H2,1H3,(H,19,20)/b10-9-/i17D2. The van der Waals surface area contributed by atoms with Crippen LogP contribution < -0.4 is 0 Å². The second kappa shape index (κ2) is 16.3. The molecular weight excluding hydrogens is 248 g/mol. The summed E-state index contributed by atoms with van der Waals surface area (Å²) in [6.45, 7) is 2.24. The van der Waals surface area contributed by atoms with Crippen LogP contribution in [0, 0.1) is 0 Å². The Morgan fingerprint density at radius 2 is 1.30 bits per heavy atom. The molecule has 0 aliphatic carbocycles. The monoisotopic (exact) mass is 284 g/mol. The molecule has 0 radical (unpaired) electrons. The number of aliphatic carboxylic acids is 1. The van der Waals surface area contributed by atoms with E-state index in [0.717, 1.165) is 25.7 Å². The molecule has 0 aromatic carbocycles. The predicted octanol–water partition coefficient (Wildman–Crippen LogP) is 6.11. The van der Waals surface area contributed by atoms with Crippen LogP contribution in [0.5, 0.6) is 0 Å². The van der Waals surface area contributed by atoms with Crippen LogP contribution in [0.25, 0.3) is 0 Å². The molecule has 0 aliphatic rings. The third-order valence-corrected chi connectivity index (χ3v) is 3.46. The zero-order chi connectivity index (χ0) is 16.7. The quantitative estimate of drug-likeness (QED) is 0.291. The van der Waals surface area contributed by atoms with Crippen LogP contribution in [-0.4, -0.2) is 11.1 Å². The highest BCUT2D eigenvalue weighted by Crippen LogP contribution is 2.09. The number of hydrogen-bond acceptors (Lipinski definition) is 1. The molecule has 0 heterocycles. The van der Waals surface area contributed by atoms with Gasteiger partial charge in [-0.1, -0.05) is 70.4 Å². The molecule has 118 valence electrons. The van der Waals surface area contributed by atoms with Gasteiger partial charge in [-0.15, -0.1) is 0 Å². The first kappa shape index (κ1) is 15.6. The van der Waals surface area contributed by atoms with E-state index in [2.05, 4.69) is 19.1 Å². The molecule has 0 fully saturated rings. The zero-order valence-corrected chi connectivity index (χ0v) is 13.2. The molecule has 0 aromatic rings. The highest BCUT2D eigenvalue weighted by Gasteiger charge is 1.95. The second-order valence-corrected chi connectivity index (χ2v) is 5.46. The van der Waals surface area contributed by atoms with Gasteiger partial charge in [-0.05, 0) is 32.1 Å². The lowest BCUT2D eigenvalue weighted by Crippen LogP contribution is -1.93. The first-order valence-electron chi connectivity index (χ1n) is 9.39. The van der Waals surface area contributed by atoms with Crippen molar-refractivity contribution < 1.29 is 12.6 Å². The van der Waals surface area contributed by atoms with Crippen molar-refractivity contribution in [3.8, 4) is 0 Å². The van der Waals surface area contributed by atoms with Gasteiger partial charge in [0.05, 0.1) is 0 Å². The van der Waals surface area contributed by atoms with Crippen molar-refractivity contribution >= 4 is 5.97 Å². The average Bonchev–Trinajstić information content (AvgIpc) is 2.47. The van der Waals surface area contributed by atoms with Crippen LogP contribution in [0.15, 0.2) is 12.2 Å². The third kappa shape index (κ3) is 17.2. The summed E-state index contributed by atoms with van der Waals surface area (Å²) in [6.07, 6.45) is 16.7. The Labute approximate surface area is 128 Å². The predicted molar refractivity (Wildman–Crippen MR) is 87.1 cm³/mol. The van der Waals surface area contributed by atoms with Crippen molar-refractivity contribution in [1.29, 1.82) is 0 Å². The van der Waals surface area contributed by atoms with Crippen LogP contribution in [0.3, 0.4) is 0 Å². The number of carboxylic acids is 1. The third-order valence-electron chi connectivity index (χ3n) is 3.46. The molecule has 0 amide bonds. The number of allylic oxidation sites excluding steroid dienone is 2. The number of hydrogen-bond donors (Lipinski definition) is 1. The van der Waals surface area contributed by atoms with Gasteiger partial charge in [0.1, 0.15) is 0 Å². The maximum atomic E-state index is 10.6. The lowest BCUT2D eigenvalue weighted by molar-refractivity contribution is -0.137. The molecule has 0 atom stereocenters. The lowest BCUT2D eigenvalue weighted by atomic mass is 10.1. The largest absolute Gasteiger partial charge is 0.481 e. The van der Waals surface area contributed by atoms with Gasteiger partial charge in [0.2, 0.25) is 0 Å². The number of carbonyl (C=O) groups is 1. The summed E-state index contributed by atoms with van der Waals surface area (Å²) in [4.78, 5) is 10.6. The summed E-state index contributed by atoms with van der Waals surface area (Å²) in [5.41, 5.74) is 0. The second-order valence-electron chi connectivity index (χ2n) is 5.46. The fraction of sp³-hybridized carbons (Fsp3) is 0.833. The first-order valence-corrected chi connectivity index (χ1v) is 8.39. The summed E-state index contributed by atoms with van der Waals surface area (Å²) < 4.78 is 14.6. The van der Waals surface area contributed by atoms with E-state index < -0.39 is 12.3 Å². The van der Waals surface area contributed by atoms with Gasteiger partial charge < -0.3 is 5.11 Å². The van der Waals surface area contributed by atoms with Gasteiger partial charge in [-0.3, -0.25) is 4.79 Å². The van der Waals surface area contributed by atoms with Gasteiger partial charge in [0.25, 0.3) is 0 Å². The molecule has 20 heavy (non-hydrogen) atoms. The summed E-state index contributed by atoms with van der Waals surface area (Å²) in [6, 6.07) is 0. The molecule has 0 aromatic heterocycles. The van der Waals surface area contributed by atoms with Gasteiger partial charge >= 0.3 is 5.97 Å². The van der Waals surface area contributed by atoms with Gasteiger partial charge in [-0.25, -0.2) is 0 Å². The fourth-order valence-electron chi connectivity index (χ4n) is 2.21. The summed E-state index contributed by atoms with van der Waals surface area (Å²) in [7, 11) is 0. The normalized spacial score (nSPS) is 13.4. The molecule has 0 unspecified atom stereocenters. The molecule has 0 spiro atoms. The first-order chi connectivity index (χ1) is 10.5. The molecule has 0 rings (SSSR count). The Bertz CT molecular complexity index is 301. The van der Waals surface area contributed by atoms with Crippen molar-refractivity contribution in [3.63, 3.8) is 0 Å². The molecule has 2 heteroatoms. The van der Waals surface area contributed by atoms with Gasteiger partial charge in [-0.2, -0.15) is 0 Å². The van der Waals surface area contributed by atoms with Crippen molar-refractivity contribution in [2.24, 2.45) is 0 Å². The molecule has 0 bridgehead atoms. The molecular formula is C18H34O2. The number of carboxylic acid groups (broad SMARTS) is 1. The topological polar surface area (TPSA) is 37.3 Å². The minimum Gasteiger partial charge on any atom is -0.481 e. The van der Waals surface area contributed by atoms with Crippen molar-refractivity contribution in [2.75, 3.05) is 0 Å². The van der Waals surface area contributed by atoms with Gasteiger partial charge in [0.15, 0.2) is 0 Å². The van der Waals surface area contributed by atoms with Crippen LogP contribution in [0.4, 0.5) is 0 Å². The Balaban J connectivity index is 3.29. The highest BCUT2D eigenvalue weighted by molar-refractivity contribution is 5.66. The summed E-state index contributed by atoms with van der Waals surface area (Å²) in [5.74, 6) is -1.34. The minimum absolute atomic E-state index is 0.121. The number of rotatable bonds is 15. The van der Waals surface area contributed by atoms with E-state index in [9.17, 15) is 4.79 Å². The molecule has 2 nitrogen and oxygen atoms in total. The van der Waals surface area contributed by atoms with Crippen molar-refractivity contribution in [1.82, 2.24) is 0 Å². The maximum Gasteiger partial charge on any atom is 0.303 e. The van der Waals surface area contributed by atoms with E-state index in [1.54, 1.807) is 0 Å². The molecule has 1 N–H and O–H groups in total. The SMILES string of the molecule is [2H]C([2H])(CCCCCC/C=C\CCCCCCCC)C(=O)O. The zero-order valence-electron chi connectivity index (χ0n) is 15.2. The molecule has 0 saturated carbocycles. The van der Waals surface area contributed by atoms with Crippen LogP contribution in [-0.2, 0) is 4.79 Å². The smallest absolute Gasteiger partial charge is 0.303 e. The van der Waals surface area contributed by atoms with Crippen molar-refractivity contribution in [2.45, 2.75) is 96.8 Å². The van der Waals surface area contributed by atoms with E-state index >= 15 is 0 Å².